The van der Waals surface area contributed by atoms with E-state index in [4.69, 9.17) is 18.9 Å². The van der Waals surface area contributed by atoms with Gasteiger partial charge < -0.3 is 29.2 Å². The molecule has 2 fully saturated rings. The number of amides is 1. The highest BCUT2D eigenvalue weighted by Crippen LogP contribution is 2.35. The zero-order chi connectivity index (χ0) is 29.3. The van der Waals surface area contributed by atoms with Crippen LogP contribution in [0.15, 0.2) is 42.7 Å². The van der Waals surface area contributed by atoms with Crippen LogP contribution < -0.4 is 29.9 Å². The molecule has 1 aromatic heterocycles. The maximum Gasteiger partial charge on any atom is 0.265 e. The van der Waals surface area contributed by atoms with E-state index < -0.39 is 0 Å². The minimum Gasteiger partial charge on any atom is -0.491 e. The highest BCUT2D eigenvalue weighted by Gasteiger charge is 2.23. The van der Waals surface area contributed by atoms with E-state index in [0.717, 1.165) is 35.4 Å². The fourth-order valence-corrected chi connectivity index (χ4v) is 5.27. The number of carbonyl (C=O) groups excluding carboxylic acids is 1. The van der Waals surface area contributed by atoms with Gasteiger partial charge in [-0.25, -0.2) is 15.0 Å². The molecule has 1 amide bonds. The van der Waals surface area contributed by atoms with E-state index in [1.807, 2.05) is 43.1 Å². The number of aromatic nitrogens is 2. The number of carbonyl (C=O) groups is 1. The number of benzene rings is 2. The van der Waals surface area contributed by atoms with Crippen molar-refractivity contribution >= 4 is 22.6 Å². The quantitative estimate of drug-likeness (QED) is 0.293. The van der Waals surface area contributed by atoms with Gasteiger partial charge in [-0.05, 0) is 70.0 Å². The molecule has 3 aromatic rings. The van der Waals surface area contributed by atoms with Gasteiger partial charge in [0.05, 0.1) is 24.8 Å². The van der Waals surface area contributed by atoms with Crippen LogP contribution >= 0.6 is 0 Å². The summed E-state index contributed by atoms with van der Waals surface area (Å²) in [6.45, 7) is 9.21. The van der Waals surface area contributed by atoms with Crippen LogP contribution in [-0.4, -0.2) is 92.7 Å². The van der Waals surface area contributed by atoms with E-state index in [2.05, 4.69) is 25.6 Å². The van der Waals surface area contributed by atoms with Gasteiger partial charge in [-0.15, -0.1) is 0 Å². The van der Waals surface area contributed by atoms with Gasteiger partial charge in [0.2, 0.25) is 0 Å². The van der Waals surface area contributed by atoms with Crippen molar-refractivity contribution < 1.29 is 23.7 Å². The average molecular weight is 579 g/mol. The third kappa shape index (κ3) is 7.78. The van der Waals surface area contributed by atoms with Gasteiger partial charge in [-0.2, -0.15) is 0 Å². The predicted octanol–water partition coefficient (Wildman–Crippen LogP) is 3.43. The van der Waals surface area contributed by atoms with Crippen LogP contribution in [0, 0.1) is 0 Å². The van der Waals surface area contributed by atoms with E-state index in [9.17, 15) is 4.79 Å². The fraction of sp³-hybridized carbons (Fsp3) is 0.516. The van der Waals surface area contributed by atoms with Gasteiger partial charge in [0.15, 0.2) is 11.5 Å². The molecular formula is C31H42N6O5. The summed E-state index contributed by atoms with van der Waals surface area (Å²) < 4.78 is 23.1. The lowest BCUT2D eigenvalue weighted by Gasteiger charge is -2.35. The molecule has 2 aliphatic rings. The summed E-state index contributed by atoms with van der Waals surface area (Å²) in [6.07, 6.45) is 5.03. The first-order chi connectivity index (χ1) is 20.5. The van der Waals surface area contributed by atoms with Gasteiger partial charge >= 0.3 is 0 Å². The van der Waals surface area contributed by atoms with E-state index >= 15 is 0 Å². The second-order valence-electron chi connectivity index (χ2n) is 10.9. The Balaban J connectivity index is 1.23. The molecular weight excluding hydrogens is 536 g/mol. The van der Waals surface area contributed by atoms with Crippen molar-refractivity contribution in [2.45, 2.75) is 45.3 Å². The molecule has 11 nitrogen and oxygen atoms in total. The Morgan fingerprint density at radius 3 is 2.50 bits per heavy atom. The van der Waals surface area contributed by atoms with Crippen molar-refractivity contribution in [3.05, 3.63) is 48.3 Å². The summed E-state index contributed by atoms with van der Waals surface area (Å²) in [5.41, 5.74) is 4.42. The van der Waals surface area contributed by atoms with Crippen molar-refractivity contribution in [2.24, 2.45) is 0 Å². The summed E-state index contributed by atoms with van der Waals surface area (Å²) in [5, 5.41) is 6.37. The Hall–Kier alpha value is -3.67. The number of nitrogens with one attached hydrogen (secondary N) is 2. The van der Waals surface area contributed by atoms with Crippen molar-refractivity contribution in [1.29, 1.82) is 0 Å². The summed E-state index contributed by atoms with van der Waals surface area (Å²) in [7, 11) is 1.66. The normalized spacial score (nSPS) is 17.5. The van der Waals surface area contributed by atoms with Gasteiger partial charge in [-0.1, -0.05) is 0 Å². The molecule has 0 spiro atoms. The third-order valence-corrected chi connectivity index (χ3v) is 7.44. The number of hydrogen-bond acceptors (Lipinski definition) is 10. The van der Waals surface area contributed by atoms with Crippen molar-refractivity contribution in [1.82, 2.24) is 25.7 Å². The second-order valence-corrected chi connectivity index (χ2v) is 10.9. The molecule has 1 unspecified atom stereocenters. The Morgan fingerprint density at radius 2 is 1.79 bits per heavy atom. The molecule has 5 rings (SSSR count). The Labute approximate surface area is 247 Å². The molecule has 226 valence electrons. The first kappa shape index (κ1) is 29.8. The fourth-order valence-electron chi connectivity index (χ4n) is 5.27. The summed E-state index contributed by atoms with van der Waals surface area (Å²) in [6, 6.07) is 11.6. The standard InChI is InChI=1S/C31H42N6O5/c1-22(2)42-25-8-6-23(7-9-25)31(38)35-37-14-12-36(13-15-37)30-26-19-28(41-18-17-39-3)29(20-27(26)33-21-34-30)40-16-10-24-5-4-11-32-24/h6-9,19-22,24,32H,4-5,10-18H2,1-3H3,(H,35,38). The third-order valence-electron chi connectivity index (χ3n) is 7.44. The lowest BCUT2D eigenvalue weighted by atomic mass is 10.1. The van der Waals surface area contributed by atoms with Gasteiger partial charge in [-0.3, -0.25) is 10.2 Å². The minimum absolute atomic E-state index is 0.0853. The molecule has 2 aliphatic heterocycles. The van der Waals surface area contributed by atoms with Crippen LogP contribution in [0.1, 0.15) is 43.5 Å². The number of hydrogen-bond donors (Lipinski definition) is 2. The smallest absolute Gasteiger partial charge is 0.265 e. The number of hydrazine groups is 1. The SMILES string of the molecule is COCCOc1cc2c(N3CCN(NC(=O)c4ccc(OC(C)C)cc4)CC3)ncnc2cc1OCCC1CCCN1. The number of fused-ring (bicyclic) bond motifs is 1. The predicted molar refractivity (Wildman–Crippen MR) is 162 cm³/mol. The van der Waals surface area contributed by atoms with Gasteiger partial charge in [0.1, 0.15) is 24.5 Å². The topological polar surface area (TPSA) is 110 Å². The maximum absolute atomic E-state index is 12.8. The molecule has 2 aromatic carbocycles. The Morgan fingerprint density at radius 1 is 1.02 bits per heavy atom. The zero-order valence-corrected chi connectivity index (χ0v) is 24.8. The number of piperazine rings is 1. The molecule has 0 aliphatic carbocycles. The number of anilines is 1. The molecule has 11 heteroatoms. The second kappa shape index (κ2) is 14.5. The van der Waals surface area contributed by atoms with Crippen LogP contribution in [0.4, 0.5) is 5.82 Å². The molecule has 0 radical (unpaired) electrons. The maximum atomic E-state index is 12.8. The number of ether oxygens (including phenoxy) is 4. The number of nitrogens with zero attached hydrogens (tertiary/aromatic N) is 4. The minimum atomic E-state index is -0.138. The molecule has 42 heavy (non-hydrogen) atoms. The van der Waals surface area contributed by atoms with Crippen LogP contribution in [0.25, 0.3) is 10.9 Å². The highest BCUT2D eigenvalue weighted by atomic mass is 16.5. The van der Waals surface area contributed by atoms with Crippen molar-refractivity contribution in [3.8, 4) is 17.2 Å². The summed E-state index contributed by atoms with van der Waals surface area (Å²) in [5.74, 6) is 2.79. The summed E-state index contributed by atoms with van der Waals surface area (Å²) in [4.78, 5) is 24.2. The van der Waals surface area contributed by atoms with Crippen LogP contribution in [0.2, 0.25) is 0 Å². The zero-order valence-electron chi connectivity index (χ0n) is 24.8. The number of rotatable bonds is 13. The molecule has 0 bridgehead atoms. The first-order valence-electron chi connectivity index (χ1n) is 14.8. The van der Waals surface area contributed by atoms with E-state index in [1.165, 1.54) is 12.8 Å². The van der Waals surface area contributed by atoms with Gasteiger partial charge in [0.25, 0.3) is 5.91 Å². The number of methoxy groups -OCH3 is 1. The van der Waals surface area contributed by atoms with E-state index in [-0.39, 0.29) is 12.0 Å². The van der Waals surface area contributed by atoms with Crippen LogP contribution in [-0.2, 0) is 4.74 Å². The monoisotopic (exact) mass is 578 g/mol. The van der Waals surface area contributed by atoms with Crippen LogP contribution in [0.3, 0.4) is 0 Å². The largest absolute Gasteiger partial charge is 0.491 e. The lowest BCUT2D eigenvalue weighted by molar-refractivity contribution is 0.0777. The van der Waals surface area contributed by atoms with Gasteiger partial charge in [0, 0.05) is 56.3 Å². The van der Waals surface area contributed by atoms with E-state index in [1.54, 1.807) is 25.6 Å². The Kier molecular flexibility index (Phi) is 10.3. The lowest BCUT2D eigenvalue weighted by Crippen LogP contribution is -2.53. The van der Waals surface area contributed by atoms with Crippen LogP contribution in [0.5, 0.6) is 17.2 Å². The average Bonchev–Trinajstić information content (AvgIpc) is 3.51. The summed E-state index contributed by atoms with van der Waals surface area (Å²) >= 11 is 0. The molecule has 2 N–H and O–H groups in total. The molecule has 3 heterocycles. The highest BCUT2D eigenvalue weighted by molar-refractivity contribution is 5.94. The van der Waals surface area contributed by atoms with E-state index in [0.29, 0.717) is 69.1 Å². The Bertz CT molecular complexity index is 1310. The first-order valence-corrected chi connectivity index (χ1v) is 14.8. The van der Waals surface area contributed by atoms with Crippen molar-refractivity contribution in [2.75, 3.05) is 64.6 Å². The van der Waals surface area contributed by atoms with Crippen molar-refractivity contribution in [3.63, 3.8) is 0 Å². The molecule has 1 atom stereocenters. The molecule has 2 saturated heterocycles. The molecule has 0 saturated carbocycles.